The Kier molecular flexibility index (Phi) is 6.12. The molecule has 2 aromatic heterocycles. The molecule has 0 atom stereocenters. The first-order chi connectivity index (χ1) is 12.8. The second-order valence-corrected chi connectivity index (χ2v) is 8.93. The van der Waals surface area contributed by atoms with E-state index in [-0.39, 0.29) is 5.41 Å². The van der Waals surface area contributed by atoms with Crippen LogP contribution in [-0.4, -0.2) is 31.3 Å². The largest absolute Gasteiger partial charge is 0.370 e. The average Bonchev–Trinajstić information content (AvgIpc) is 2.84. The summed E-state index contributed by atoms with van der Waals surface area (Å²) in [6.07, 6.45) is 6.82. The van der Waals surface area contributed by atoms with E-state index in [1.54, 1.807) is 0 Å². The Labute approximate surface area is 163 Å². The third kappa shape index (κ3) is 5.05. The van der Waals surface area contributed by atoms with Crippen LogP contribution < -0.4 is 5.32 Å². The molecule has 1 N–H and O–H groups in total. The van der Waals surface area contributed by atoms with Crippen LogP contribution in [0.15, 0.2) is 6.07 Å². The standard InChI is InChI=1S/C21H34N6/c1-15(2)20-23-16(21(3,4)5)14-17(24-20)22-12-9-11-19-26-25-18-10-7-6-8-13-27(18)19/h14-15H,6-13H2,1-5H3,(H,22,23,24). The molecule has 3 rings (SSSR count). The van der Waals surface area contributed by atoms with Gasteiger partial charge in [-0.3, -0.25) is 0 Å². The molecule has 0 radical (unpaired) electrons. The zero-order valence-corrected chi connectivity index (χ0v) is 17.5. The van der Waals surface area contributed by atoms with E-state index < -0.39 is 0 Å². The van der Waals surface area contributed by atoms with E-state index in [1.165, 1.54) is 25.1 Å². The van der Waals surface area contributed by atoms with Crippen LogP contribution in [0.5, 0.6) is 0 Å². The molecule has 0 aliphatic carbocycles. The average molecular weight is 371 g/mol. The second-order valence-electron chi connectivity index (χ2n) is 8.93. The normalized spacial score (nSPS) is 14.9. The lowest BCUT2D eigenvalue weighted by Crippen LogP contribution is -2.17. The topological polar surface area (TPSA) is 68.5 Å². The first kappa shape index (κ1) is 19.8. The molecule has 3 heterocycles. The highest BCUT2D eigenvalue weighted by atomic mass is 15.3. The zero-order valence-electron chi connectivity index (χ0n) is 17.5. The first-order valence-corrected chi connectivity index (χ1v) is 10.4. The molecular weight excluding hydrogens is 336 g/mol. The Morgan fingerprint density at radius 3 is 2.67 bits per heavy atom. The van der Waals surface area contributed by atoms with E-state index >= 15 is 0 Å². The number of fused-ring (bicyclic) bond motifs is 1. The molecule has 2 aromatic rings. The maximum atomic E-state index is 4.76. The van der Waals surface area contributed by atoms with Gasteiger partial charge < -0.3 is 9.88 Å². The van der Waals surface area contributed by atoms with Gasteiger partial charge in [-0.2, -0.15) is 0 Å². The smallest absolute Gasteiger partial charge is 0.133 e. The van der Waals surface area contributed by atoms with E-state index in [0.29, 0.717) is 5.92 Å². The number of nitrogens with zero attached hydrogens (tertiary/aromatic N) is 5. The molecule has 0 aromatic carbocycles. The molecule has 0 spiro atoms. The second kappa shape index (κ2) is 8.36. The van der Waals surface area contributed by atoms with Gasteiger partial charge >= 0.3 is 0 Å². The van der Waals surface area contributed by atoms with Gasteiger partial charge in [0.1, 0.15) is 23.3 Å². The number of anilines is 1. The zero-order chi connectivity index (χ0) is 19.4. The molecule has 148 valence electrons. The van der Waals surface area contributed by atoms with Crippen LogP contribution in [0, 0.1) is 0 Å². The van der Waals surface area contributed by atoms with E-state index in [0.717, 1.165) is 55.5 Å². The Hall–Kier alpha value is -1.98. The number of hydrogen-bond acceptors (Lipinski definition) is 5. The summed E-state index contributed by atoms with van der Waals surface area (Å²) in [5.74, 6) is 4.46. The number of rotatable bonds is 6. The van der Waals surface area contributed by atoms with Crippen LogP contribution in [0.1, 0.15) is 89.4 Å². The summed E-state index contributed by atoms with van der Waals surface area (Å²) in [4.78, 5) is 9.47. The van der Waals surface area contributed by atoms with Crippen LogP contribution >= 0.6 is 0 Å². The van der Waals surface area contributed by atoms with Gasteiger partial charge in [0.2, 0.25) is 0 Å². The maximum Gasteiger partial charge on any atom is 0.133 e. The highest BCUT2D eigenvalue weighted by molar-refractivity contribution is 5.38. The summed E-state index contributed by atoms with van der Waals surface area (Å²) < 4.78 is 2.34. The van der Waals surface area contributed by atoms with E-state index in [4.69, 9.17) is 9.97 Å². The third-order valence-corrected chi connectivity index (χ3v) is 5.10. The molecule has 0 amide bonds. The van der Waals surface area contributed by atoms with Crippen LogP contribution in [0.4, 0.5) is 5.82 Å². The van der Waals surface area contributed by atoms with Crippen LogP contribution in [0.25, 0.3) is 0 Å². The SMILES string of the molecule is CC(C)c1nc(NCCCc2nnc3n2CCCCC3)cc(C(C)(C)C)n1. The van der Waals surface area contributed by atoms with Gasteiger partial charge in [0.25, 0.3) is 0 Å². The Morgan fingerprint density at radius 2 is 1.93 bits per heavy atom. The van der Waals surface area contributed by atoms with E-state index in [1.807, 2.05) is 0 Å². The van der Waals surface area contributed by atoms with Crippen molar-refractivity contribution in [1.82, 2.24) is 24.7 Å². The number of hydrogen-bond donors (Lipinski definition) is 1. The Morgan fingerprint density at radius 1 is 1.11 bits per heavy atom. The highest BCUT2D eigenvalue weighted by Gasteiger charge is 2.19. The fourth-order valence-corrected chi connectivity index (χ4v) is 3.39. The first-order valence-electron chi connectivity index (χ1n) is 10.4. The van der Waals surface area contributed by atoms with Crippen LogP contribution in [0.3, 0.4) is 0 Å². The van der Waals surface area contributed by atoms with Gasteiger partial charge in [-0.05, 0) is 19.3 Å². The van der Waals surface area contributed by atoms with Crippen molar-refractivity contribution in [3.05, 3.63) is 29.2 Å². The number of nitrogens with one attached hydrogen (secondary N) is 1. The van der Waals surface area contributed by atoms with Gasteiger partial charge in [0.15, 0.2) is 0 Å². The summed E-state index contributed by atoms with van der Waals surface area (Å²) in [5.41, 5.74) is 1.11. The molecule has 1 aliphatic heterocycles. The summed E-state index contributed by atoms with van der Waals surface area (Å²) in [6.45, 7) is 12.8. The van der Waals surface area contributed by atoms with Crippen LogP contribution in [0.2, 0.25) is 0 Å². The molecular formula is C21H34N6. The maximum absolute atomic E-state index is 4.76. The number of aromatic nitrogens is 5. The van der Waals surface area contributed by atoms with Crippen molar-refractivity contribution in [2.75, 3.05) is 11.9 Å². The van der Waals surface area contributed by atoms with Crippen molar-refractivity contribution in [3.8, 4) is 0 Å². The fourth-order valence-electron chi connectivity index (χ4n) is 3.39. The Balaban J connectivity index is 1.61. The van der Waals surface area contributed by atoms with Gasteiger partial charge in [-0.1, -0.05) is 41.0 Å². The van der Waals surface area contributed by atoms with Gasteiger partial charge in [0, 0.05) is 43.3 Å². The van der Waals surface area contributed by atoms with Gasteiger partial charge in [0.05, 0.1) is 5.69 Å². The summed E-state index contributed by atoms with van der Waals surface area (Å²) in [5, 5.41) is 12.3. The quantitative estimate of drug-likeness (QED) is 0.770. The summed E-state index contributed by atoms with van der Waals surface area (Å²) in [6, 6.07) is 2.09. The predicted octanol–water partition coefficient (Wildman–Crippen LogP) is 4.26. The van der Waals surface area contributed by atoms with Crippen molar-refractivity contribution >= 4 is 5.82 Å². The predicted molar refractivity (Wildman–Crippen MR) is 109 cm³/mol. The monoisotopic (exact) mass is 370 g/mol. The molecule has 27 heavy (non-hydrogen) atoms. The van der Waals surface area contributed by atoms with Crippen molar-refractivity contribution < 1.29 is 0 Å². The molecule has 0 saturated carbocycles. The third-order valence-electron chi connectivity index (χ3n) is 5.10. The van der Waals surface area contributed by atoms with Crippen molar-refractivity contribution in [2.45, 2.75) is 91.0 Å². The minimum atomic E-state index is 0.0160. The lowest BCUT2D eigenvalue weighted by atomic mass is 9.91. The Bertz CT molecular complexity index is 757. The summed E-state index contributed by atoms with van der Waals surface area (Å²) in [7, 11) is 0. The van der Waals surface area contributed by atoms with Crippen molar-refractivity contribution in [1.29, 1.82) is 0 Å². The molecule has 0 saturated heterocycles. The lowest BCUT2D eigenvalue weighted by molar-refractivity contribution is 0.558. The van der Waals surface area contributed by atoms with Gasteiger partial charge in [-0.15, -0.1) is 10.2 Å². The van der Waals surface area contributed by atoms with E-state index in [9.17, 15) is 0 Å². The van der Waals surface area contributed by atoms with Crippen molar-refractivity contribution in [2.24, 2.45) is 0 Å². The highest BCUT2D eigenvalue weighted by Crippen LogP contribution is 2.24. The van der Waals surface area contributed by atoms with Crippen molar-refractivity contribution in [3.63, 3.8) is 0 Å². The molecule has 0 fully saturated rings. The number of aryl methyl sites for hydroxylation is 2. The molecule has 0 unspecified atom stereocenters. The molecule has 0 bridgehead atoms. The van der Waals surface area contributed by atoms with Crippen LogP contribution in [-0.2, 0) is 24.8 Å². The molecule has 1 aliphatic rings. The fraction of sp³-hybridized carbons (Fsp3) is 0.714. The lowest BCUT2D eigenvalue weighted by Gasteiger charge is -2.20. The minimum absolute atomic E-state index is 0.0160. The molecule has 6 heteroatoms. The summed E-state index contributed by atoms with van der Waals surface area (Å²) >= 11 is 0. The van der Waals surface area contributed by atoms with Gasteiger partial charge in [-0.25, -0.2) is 9.97 Å². The minimum Gasteiger partial charge on any atom is -0.370 e. The van der Waals surface area contributed by atoms with E-state index in [2.05, 4.69) is 60.8 Å². The molecule has 6 nitrogen and oxygen atoms in total.